The lowest BCUT2D eigenvalue weighted by molar-refractivity contribution is -0.384. The minimum Gasteiger partial charge on any atom is -0.342 e. The first-order valence-electron chi connectivity index (χ1n) is 9.74. The lowest BCUT2D eigenvalue weighted by atomic mass is 10.1. The Morgan fingerprint density at radius 1 is 1.10 bits per heavy atom. The average molecular weight is 410 g/mol. The molecule has 1 N–H and O–H groups in total. The molecule has 0 spiro atoms. The molecule has 0 saturated carbocycles. The van der Waals surface area contributed by atoms with Crippen molar-refractivity contribution in [3.63, 3.8) is 0 Å². The summed E-state index contributed by atoms with van der Waals surface area (Å²) in [6.07, 6.45) is 3.59. The number of halogens is 1. The standard InChI is InChI=1S/C22H23FN4O3/c1-26(22(28)17-8-12-20(13-9-17)27(29)30)14-4-2-3-5-19-15-21(25-24-19)16-6-10-18(23)11-7-16/h6-13,15H,2-5,14H2,1H3,(H,24,25). The van der Waals surface area contributed by atoms with Crippen LogP contribution in [0.2, 0.25) is 0 Å². The van der Waals surface area contributed by atoms with Crippen LogP contribution in [-0.4, -0.2) is 39.5 Å². The molecule has 0 atom stereocenters. The van der Waals surface area contributed by atoms with Gasteiger partial charge in [-0.2, -0.15) is 5.10 Å². The van der Waals surface area contributed by atoms with Crippen LogP contribution < -0.4 is 0 Å². The molecule has 30 heavy (non-hydrogen) atoms. The number of nitrogens with one attached hydrogen (secondary N) is 1. The Labute approximate surface area is 173 Å². The molecule has 2 aromatic carbocycles. The number of amides is 1. The molecule has 0 unspecified atom stereocenters. The van der Waals surface area contributed by atoms with Crippen LogP contribution in [0, 0.1) is 15.9 Å². The average Bonchev–Trinajstić information content (AvgIpc) is 3.22. The van der Waals surface area contributed by atoms with E-state index >= 15 is 0 Å². The molecule has 0 aliphatic rings. The Hall–Kier alpha value is -3.55. The highest BCUT2D eigenvalue weighted by Gasteiger charge is 2.13. The van der Waals surface area contributed by atoms with E-state index in [9.17, 15) is 19.3 Å². The normalized spacial score (nSPS) is 10.7. The van der Waals surface area contributed by atoms with Crippen molar-refractivity contribution in [2.75, 3.05) is 13.6 Å². The van der Waals surface area contributed by atoms with Gasteiger partial charge in [0.1, 0.15) is 5.82 Å². The zero-order valence-electron chi connectivity index (χ0n) is 16.7. The Balaban J connectivity index is 1.40. The first-order chi connectivity index (χ1) is 14.4. The number of nitro benzene ring substituents is 1. The number of nitro groups is 1. The fourth-order valence-corrected chi connectivity index (χ4v) is 3.15. The molecule has 7 nitrogen and oxygen atoms in total. The summed E-state index contributed by atoms with van der Waals surface area (Å²) in [6.45, 7) is 0.611. The summed E-state index contributed by atoms with van der Waals surface area (Å²) in [7, 11) is 1.73. The van der Waals surface area contributed by atoms with Crippen molar-refractivity contribution >= 4 is 11.6 Å². The summed E-state index contributed by atoms with van der Waals surface area (Å²) in [5, 5.41) is 18.0. The Morgan fingerprint density at radius 3 is 2.47 bits per heavy atom. The van der Waals surface area contributed by atoms with Crippen molar-refractivity contribution < 1.29 is 14.1 Å². The number of nitrogens with zero attached hydrogens (tertiary/aromatic N) is 3. The first kappa shape index (κ1) is 21.2. The molecule has 1 heterocycles. The van der Waals surface area contributed by atoms with Crippen molar-refractivity contribution in [2.24, 2.45) is 0 Å². The molecule has 0 aliphatic carbocycles. The molecule has 8 heteroatoms. The molecule has 0 saturated heterocycles. The van der Waals surface area contributed by atoms with E-state index in [1.54, 1.807) is 24.1 Å². The number of hydrogen-bond acceptors (Lipinski definition) is 4. The van der Waals surface area contributed by atoms with Gasteiger partial charge in [0.05, 0.1) is 10.6 Å². The number of H-pyrrole nitrogens is 1. The van der Waals surface area contributed by atoms with E-state index in [1.807, 2.05) is 6.07 Å². The van der Waals surface area contributed by atoms with E-state index in [2.05, 4.69) is 10.2 Å². The molecule has 0 radical (unpaired) electrons. The molecular weight excluding hydrogens is 387 g/mol. The smallest absolute Gasteiger partial charge is 0.269 e. The van der Waals surface area contributed by atoms with E-state index in [1.165, 1.54) is 36.4 Å². The van der Waals surface area contributed by atoms with Gasteiger partial charge in [-0.05, 0) is 61.7 Å². The van der Waals surface area contributed by atoms with Crippen LogP contribution in [0.15, 0.2) is 54.6 Å². The summed E-state index contributed by atoms with van der Waals surface area (Å²) >= 11 is 0. The van der Waals surface area contributed by atoms with Gasteiger partial charge in [0.15, 0.2) is 0 Å². The highest BCUT2D eigenvalue weighted by atomic mass is 19.1. The number of aryl methyl sites for hydroxylation is 1. The second-order valence-corrected chi connectivity index (χ2v) is 7.13. The third kappa shape index (κ3) is 5.50. The van der Waals surface area contributed by atoms with Crippen LogP contribution in [0.5, 0.6) is 0 Å². The van der Waals surface area contributed by atoms with Crippen LogP contribution in [0.25, 0.3) is 11.3 Å². The van der Waals surface area contributed by atoms with E-state index in [-0.39, 0.29) is 17.4 Å². The van der Waals surface area contributed by atoms with Crippen molar-refractivity contribution in [2.45, 2.75) is 25.7 Å². The van der Waals surface area contributed by atoms with E-state index < -0.39 is 4.92 Å². The number of benzene rings is 2. The maximum absolute atomic E-state index is 13.0. The molecule has 3 aromatic rings. The van der Waals surface area contributed by atoms with Crippen molar-refractivity contribution in [1.29, 1.82) is 0 Å². The largest absolute Gasteiger partial charge is 0.342 e. The molecule has 156 valence electrons. The van der Waals surface area contributed by atoms with Gasteiger partial charge in [0.2, 0.25) is 0 Å². The van der Waals surface area contributed by atoms with Crippen molar-refractivity contribution in [3.8, 4) is 11.3 Å². The molecule has 1 amide bonds. The molecular formula is C22H23FN4O3. The van der Waals surface area contributed by atoms with Gasteiger partial charge < -0.3 is 4.90 Å². The molecule has 0 bridgehead atoms. The van der Waals surface area contributed by atoms with Gasteiger partial charge in [-0.15, -0.1) is 0 Å². The molecule has 3 rings (SSSR count). The third-order valence-corrected chi connectivity index (χ3v) is 4.88. The quantitative estimate of drug-likeness (QED) is 0.317. The van der Waals surface area contributed by atoms with Crippen molar-refractivity contribution in [3.05, 3.63) is 81.8 Å². The summed E-state index contributed by atoms with van der Waals surface area (Å²) in [4.78, 5) is 24.2. The van der Waals surface area contributed by atoms with E-state index in [0.717, 1.165) is 42.6 Å². The predicted octanol–water partition coefficient (Wildman–Crippen LogP) is 4.61. The second kappa shape index (κ2) is 9.78. The third-order valence-electron chi connectivity index (χ3n) is 4.88. The highest BCUT2D eigenvalue weighted by molar-refractivity contribution is 5.94. The fraction of sp³-hybridized carbons (Fsp3) is 0.273. The fourth-order valence-electron chi connectivity index (χ4n) is 3.15. The van der Waals surface area contributed by atoms with Crippen LogP contribution in [0.4, 0.5) is 10.1 Å². The summed E-state index contributed by atoms with van der Waals surface area (Å²) < 4.78 is 13.0. The van der Waals surface area contributed by atoms with Crippen LogP contribution in [0.3, 0.4) is 0 Å². The van der Waals surface area contributed by atoms with Gasteiger partial charge in [-0.1, -0.05) is 6.42 Å². The van der Waals surface area contributed by atoms with Gasteiger partial charge in [0, 0.05) is 42.5 Å². The van der Waals surface area contributed by atoms with Gasteiger partial charge >= 0.3 is 0 Å². The number of hydrogen-bond donors (Lipinski definition) is 1. The van der Waals surface area contributed by atoms with E-state index in [4.69, 9.17) is 0 Å². The topological polar surface area (TPSA) is 92.1 Å². The SMILES string of the molecule is CN(CCCCCc1cc(-c2ccc(F)cc2)n[nH]1)C(=O)c1ccc([N+](=O)[O-])cc1. The number of carbonyl (C=O) groups is 1. The lowest BCUT2D eigenvalue weighted by Gasteiger charge is -2.17. The molecule has 0 aliphatic heterocycles. The Bertz CT molecular complexity index is 1000. The zero-order valence-corrected chi connectivity index (χ0v) is 16.7. The number of carbonyl (C=O) groups excluding carboxylic acids is 1. The van der Waals surface area contributed by atoms with Crippen LogP contribution in [0.1, 0.15) is 35.3 Å². The summed E-state index contributed by atoms with van der Waals surface area (Å²) in [5.74, 6) is -0.422. The maximum atomic E-state index is 13.0. The zero-order chi connectivity index (χ0) is 21.5. The number of non-ortho nitro benzene ring substituents is 1. The maximum Gasteiger partial charge on any atom is 0.269 e. The van der Waals surface area contributed by atoms with Gasteiger partial charge in [-0.25, -0.2) is 4.39 Å². The number of aromatic amines is 1. The van der Waals surface area contributed by atoms with Crippen LogP contribution >= 0.6 is 0 Å². The van der Waals surface area contributed by atoms with E-state index in [0.29, 0.717) is 12.1 Å². The number of aromatic nitrogens is 2. The minimum atomic E-state index is -0.486. The highest BCUT2D eigenvalue weighted by Crippen LogP contribution is 2.19. The lowest BCUT2D eigenvalue weighted by Crippen LogP contribution is -2.27. The summed E-state index contributed by atoms with van der Waals surface area (Å²) in [6, 6.07) is 13.8. The second-order valence-electron chi connectivity index (χ2n) is 7.13. The van der Waals surface area contributed by atoms with Crippen molar-refractivity contribution in [1.82, 2.24) is 15.1 Å². The molecule has 1 aromatic heterocycles. The number of rotatable bonds is 9. The van der Waals surface area contributed by atoms with Crippen LogP contribution in [-0.2, 0) is 6.42 Å². The minimum absolute atomic E-state index is 0.0319. The van der Waals surface area contributed by atoms with Gasteiger partial charge in [0.25, 0.3) is 11.6 Å². The predicted molar refractivity (Wildman–Crippen MR) is 112 cm³/mol. The molecule has 0 fully saturated rings. The monoisotopic (exact) mass is 410 g/mol. The Kier molecular flexibility index (Phi) is 6.90. The summed E-state index contributed by atoms with van der Waals surface area (Å²) in [5.41, 5.74) is 3.08. The van der Waals surface area contributed by atoms with Gasteiger partial charge in [-0.3, -0.25) is 20.0 Å². The Morgan fingerprint density at radius 2 is 1.80 bits per heavy atom. The number of unbranched alkanes of at least 4 members (excludes halogenated alkanes) is 2. The first-order valence-corrected chi connectivity index (χ1v) is 9.74.